The highest BCUT2D eigenvalue weighted by molar-refractivity contribution is 6.33. The molecule has 0 unspecified atom stereocenters. The van der Waals surface area contributed by atoms with Crippen molar-refractivity contribution in [3.8, 4) is 0 Å². The maximum absolute atomic E-state index is 11.1. The Balaban J connectivity index is 1.49. The second-order valence-electron chi connectivity index (χ2n) is 7.61. The summed E-state index contributed by atoms with van der Waals surface area (Å²) >= 11 is 6.40. The van der Waals surface area contributed by atoms with Crippen LogP contribution in [0, 0.1) is 6.92 Å². The molecule has 0 spiro atoms. The van der Waals surface area contributed by atoms with Gasteiger partial charge >= 0.3 is 0 Å². The molecule has 4 rings (SSSR count). The number of carbonyl (C=O) groups is 1. The number of aryl methyl sites for hydroxylation is 1. The van der Waals surface area contributed by atoms with E-state index in [0.717, 1.165) is 44.7 Å². The van der Waals surface area contributed by atoms with Crippen LogP contribution in [0.2, 0.25) is 5.02 Å². The van der Waals surface area contributed by atoms with Gasteiger partial charge in [-0.1, -0.05) is 48.0 Å². The zero-order valence-electron chi connectivity index (χ0n) is 18.0. The molecule has 1 amide bonds. The van der Waals surface area contributed by atoms with Crippen molar-refractivity contribution in [3.63, 3.8) is 0 Å². The van der Waals surface area contributed by atoms with E-state index >= 15 is 0 Å². The number of hydroxylamine groups is 1. The molecule has 1 heterocycles. The molecule has 0 aliphatic rings. The predicted molar refractivity (Wildman–Crippen MR) is 134 cm³/mol. The number of carbonyl (C=O) groups excluding carboxylic acids is 1. The highest BCUT2D eigenvalue weighted by atomic mass is 35.5. The van der Waals surface area contributed by atoms with E-state index in [0.29, 0.717) is 11.6 Å². The van der Waals surface area contributed by atoms with Crippen LogP contribution in [0.4, 0.5) is 17.2 Å². The highest BCUT2D eigenvalue weighted by Gasteiger charge is 2.07. The minimum atomic E-state index is -0.565. The predicted octanol–water partition coefficient (Wildman–Crippen LogP) is 6.07. The molecule has 7 heteroatoms. The van der Waals surface area contributed by atoms with E-state index in [9.17, 15) is 4.79 Å². The molecular weight excluding hydrogens is 436 g/mol. The van der Waals surface area contributed by atoms with Gasteiger partial charge in [-0.2, -0.15) is 0 Å². The monoisotopic (exact) mass is 458 g/mol. The Morgan fingerprint density at radius 3 is 2.64 bits per heavy atom. The third-order valence-corrected chi connectivity index (χ3v) is 5.47. The van der Waals surface area contributed by atoms with Crippen LogP contribution in [0.3, 0.4) is 0 Å². The number of amides is 1. The van der Waals surface area contributed by atoms with Gasteiger partial charge in [0, 0.05) is 29.9 Å². The molecule has 6 nitrogen and oxygen atoms in total. The maximum Gasteiger partial charge on any atom is 0.267 e. The van der Waals surface area contributed by atoms with Gasteiger partial charge in [-0.25, -0.2) is 10.5 Å². The van der Waals surface area contributed by atoms with Crippen molar-refractivity contribution in [2.75, 3.05) is 10.6 Å². The van der Waals surface area contributed by atoms with E-state index in [1.807, 2.05) is 61.5 Å². The normalized spacial score (nSPS) is 11.0. The Morgan fingerprint density at radius 2 is 1.88 bits per heavy atom. The second kappa shape index (κ2) is 10.2. The molecule has 0 saturated heterocycles. The molecule has 0 aliphatic carbocycles. The number of benzene rings is 3. The average molecular weight is 459 g/mol. The van der Waals surface area contributed by atoms with Crippen molar-refractivity contribution in [2.45, 2.75) is 13.5 Å². The Kier molecular flexibility index (Phi) is 6.88. The smallest absolute Gasteiger partial charge is 0.267 e. The summed E-state index contributed by atoms with van der Waals surface area (Å²) in [6.07, 6.45) is 4.68. The van der Waals surface area contributed by atoms with Gasteiger partial charge in [-0.3, -0.25) is 10.0 Å². The SMILES string of the molecule is Cc1ccc(Nc2nccc3ccc(NCc4ccc(/C=C/C(=O)NO)cc4)cc23)c(Cl)c1. The summed E-state index contributed by atoms with van der Waals surface area (Å²) in [7, 11) is 0. The van der Waals surface area contributed by atoms with E-state index in [-0.39, 0.29) is 0 Å². The highest BCUT2D eigenvalue weighted by Crippen LogP contribution is 2.30. The number of hydrogen-bond donors (Lipinski definition) is 4. The number of aromatic nitrogens is 1. The Morgan fingerprint density at radius 1 is 1.06 bits per heavy atom. The van der Waals surface area contributed by atoms with E-state index < -0.39 is 5.91 Å². The quantitative estimate of drug-likeness (QED) is 0.153. The van der Waals surface area contributed by atoms with Crippen LogP contribution in [0.1, 0.15) is 16.7 Å². The topological polar surface area (TPSA) is 86.3 Å². The summed E-state index contributed by atoms with van der Waals surface area (Å²) in [5.41, 5.74) is 6.41. The lowest BCUT2D eigenvalue weighted by Gasteiger charge is -2.13. The Labute approximate surface area is 196 Å². The van der Waals surface area contributed by atoms with Crippen molar-refractivity contribution in [3.05, 3.63) is 101 Å². The Hall–Kier alpha value is -3.87. The van der Waals surface area contributed by atoms with Gasteiger partial charge < -0.3 is 10.6 Å². The lowest BCUT2D eigenvalue weighted by Crippen LogP contribution is -2.14. The zero-order valence-corrected chi connectivity index (χ0v) is 18.7. The molecule has 4 aromatic rings. The molecule has 0 saturated carbocycles. The molecule has 4 N–H and O–H groups in total. The molecule has 0 aliphatic heterocycles. The van der Waals surface area contributed by atoms with Crippen LogP contribution in [0.5, 0.6) is 0 Å². The van der Waals surface area contributed by atoms with Gasteiger partial charge in [-0.05, 0) is 65.4 Å². The van der Waals surface area contributed by atoms with Crippen molar-refractivity contribution in [1.29, 1.82) is 0 Å². The number of hydrogen-bond acceptors (Lipinski definition) is 5. The van der Waals surface area contributed by atoms with Crippen LogP contribution in [-0.2, 0) is 11.3 Å². The first kappa shape index (κ1) is 22.3. The van der Waals surface area contributed by atoms with Crippen molar-refractivity contribution < 1.29 is 10.0 Å². The molecule has 33 heavy (non-hydrogen) atoms. The standard InChI is InChI=1S/C26H23ClN4O2/c1-17-2-10-24(23(27)14-17)30-26-22-15-21(9-8-20(22)12-13-28-26)29-16-19-5-3-18(4-6-19)7-11-25(32)31-33/h2-15,29,33H,16H2,1H3,(H,28,30)(H,31,32)/b11-7+. The van der Waals surface area contributed by atoms with Gasteiger partial charge in [0.15, 0.2) is 0 Å². The summed E-state index contributed by atoms with van der Waals surface area (Å²) in [6, 6.07) is 21.8. The molecule has 166 valence electrons. The van der Waals surface area contributed by atoms with Crippen LogP contribution < -0.4 is 16.1 Å². The molecular formula is C26H23ClN4O2. The number of halogens is 1. The van der Waals surface area contributed by atoms with Crippen LogP contribution in [-0.4, -0.2) is 16.1 Å². The second-order valence-corrected chi connectivity index (χ2v) is 8.02. The summed E-state index contributed by atoms with van der Waals surface area (Å²) in [6.45, 7) is 2.64. The van der Waals surface area contributed by atoms with Crippen molar-refractivity contribution in [1.82, 2.24) is 10.5 Å². The molecule has 0 radical (unpaired) electrons. The number of fused-ring (bicyclic) bond motifs is 1. The summed E-state index contributed by atoms with van der Waals surface area (Å²) in [4.78, 5) is 15.6. The number of anilines is 3. The van der Waals surface area contributed by atoms with Crippen LogP contribution >= 0.6 is 11.6 Å². The van der Waals surface area contributed by atoms with Crippen LogP contribution in [0.25, 0.3) is 16.8 Å². The van der Waals surface area contributed by atoms with Gasteiger partial charge in [0.2, 0.25) is 0 Å². The third-order valence-electron chi connectivity index (χ3n) is 5.16. The molecule has 1 aromatic heterocycles. The fourth-order valence-electron chi connectivity index (χ4n) is 3.39. The van der Waals surface area contributed by atoms with Gasteiger partial charge in [0.1, 0.15) is 5.82 Å². The number of pyridine rings is 1. The fourth-order valence-corrected chi connectivity index (χ4v) is 3.67. The first-order valence-corrected chi connectivity index (χ1v) is 10.8. The van der Waals surface area contributed by atoms with Crippen molar-refractivity contribution in [2.24, 2.45) is 0 Å². The largest absolute Gasteiger partial charge is 0.381 e. The molecule has 0 atom stereocenters. The Bertz CT molecular complexity index is 1320. The van der Waals surface area contributed by atoms with E-state index in [4.69, 9.17) is 16.8 Å². The number of nitrogens with zero attached hydrogens (tertiary/aromatic N) is 1. The average Bonchev–Trinajstić information content (AvgIpc) is 2.83. The summed E-state index contributed by atoms with van der Waals surface area (Å²) in [5.74, 6) is 0.176. The van der Waals surface area contributed by atoms with E-state index in [1.165, 1.54) is 6.08 Å². The first-order chi connectivity index (χ1) is 16.0. The number of nitrogens with one attached hydrogen (secondary N) is 3. The van der Waals surface area contributed by atoms with Gasteiger partial charge in [-0.15, -0.1) is 0 Å². The summed E-state index contributed by atoms with van der Waals surface area (Å²) in [5, 5.41) is 18.1. The lowest BCUT2D eigenvalue weighted by molar-refractivity contribution is -0.124. The molecule has 0 fully saturated rings. The van der Waals surface area contributed by atoms with Gasteiger partial charge in [0.25, 0.3) is 5.91 Å². The zero-order chi connectivity index (χ0) is 23.2. The van der Waals surface area contributed by atoms with Crippen LogP contribution in [0.15, 0.2) is 79.0 Å². The minimum Gasteiger partial charge on any atom is -0.381 e. The summed E-state index contributed by atoms with van der Waals surface area (Å²) < 4.78 is 0. The van der Waals surface area contributed by atoms with Gasteiger partial charge in [0.05, 0.1) is 10.7 Å². The first-order valence-electron chi connectivity index (χ1n) is 10.4. The van der Waals surface area contributed by atoms with E-state index in [2.05, 4.69) is 27.8 Å². The number of rotatable bonds is 7. The third kappa shape index (κ3) is 5.68. The molecule has 3 aromatic carbocycles. The maximum atomic E-state index is 11.1. The minimum absolute atomic E-state index is 0.565. The molecule has 0 bridgehead atoms. The van der Waals surface area contributed by atoms with Crippen molar-refractivity contribution >= 4 is 51.5 Å². The van der Waals surface area contributed by atoms with E-state index in [1.54, 1.807) is 17.8 Å². The fraction of sp³-hybridized carbons (Fsp3) is 0.0769. The lowest BCUT2D eigenvalue weighted by atomic mass is 10.1.